The molecule has 3 rings (SSSR count). The molecule has 0 bridgehead atoms. The molecule has 1 aromatic carbocycles. The van der Waals surface area contributed by atoms with Gasteiger partial charge in [-0.15, -0.1) is 0 Å². The fraction of sp³-hybridized carbons (Fsp3) is 0.562. The Balaban J connectivity index is 1.68. The Morgan fingerprint density at radius 2 is 1.82 bits per heavy atom. The maximum Gasteiger partial charge on any atom is 0.244 e. The van der Waals surface area contributed by atoms with Crippen LogP contribution in [0.2, 0.25) is 10.0 Å². The first-order valence-corrected chi connectivity index (χ1v) is 8.47. The number of carbonyl (C=O) groups is 1. The number of aliphatic hydroxyl groups excluding tert-OH is 1. The molecule has 1 amide bonds. The lowest BCUT2D eigenvalue weighted by Crippen LogP contribution is -2.46. The number of benzene rings is 1. The minimum Gasteiger partial charge on any atom is -0.396 e. The van der Waals surface area contributed by atoms with Crippen molar-refractivity contribution < 1.29 is 9.90 Å². The number of likely N-dealkylation sites (tertiary alicyclic amines) is 1. The maximum absolute atomic E-state index is 12.7. The molecule has 4 nitrogen and oxygen atoms in total. The smallest absolute Gasteiger partial charge is 0.244 e. The van der Waals surface area contributed by atoms with Crippen molar-refractivity contribution in [2.45, 2.75) is 25.3 Å². The van der Waals surface area contributed by atoms with Crippen LogP contribution in [0.4, 0.5) is 5.69 Å². The highest BCUT2D eigenvalue weighted by Gasteiger charge is 2.37. The molecule has 0 spiro atoms. The highest BCUT2D eigenvalue weighted by Crippen LogP contribution is 2.31. The van der Waals surface area contributed by atoms with Crippen molar-refractivity contribution in [2.24, 2.45) is 5.92 Å². The van der Waals surface area contributed by atoms with Gasteiger partial charge in [-0.2, -0.15) is 0 Å². The van der Waals surface area contributed by atoms with Gasteiger partial charge < -0.3 is 10.0 Å². The second-order valence-corrected chi connectivity index (χ2v) is 6.87. The summed E-state index contributed by atoms with van der Waals surface area (Å²) in [5.41, 5.74) is 0.812. The summed E-state index contributed by atoms with van der Waals surface area (Å²) < 4.78 is 0. The SMILES string of the molecule is O=C1C(N2CCC(CO)CC2)CCN1c1ccc(Cl)c(Cl)c1. The first-order valence-electron chi connectivity index (χ1n) is 7.71. The Bertz CT molecular complexity index is 559. The summed E-state index contributed by atoms with van der Waals surface area (Å²) in [7, 11) is 0. The lowest BCUT2D eigenvalue weighted by molar-refractivity contribution is -0.122. The molecule has 2 aliphatic rings. The number of halogens is 2. The van der Waals surface area contributed by atoms with E-state index in [4.69, 9.17) is 23.2 Å². The van der Waals surface area contributed by atoms with E-state index >= 15 is 0 Å². The Kier molecular flexibility index (Phi) is 4.93. The van der Waals surface area contributed by atoms with E-state index in [1.54, 1.807) is 17.0 Å². The van der Waals surface area contributed by atoms with E-state index in [1.807, 2.05) is 6.07 Å². The van der Waals surface area contributed by atoms with Crippen molar-refractivity contribution in [1.29, 1.82) is 0 Å². The Morgan fingerprint density at radius 1 is 1.09 bits per heavy atom. The van der Waals surface area contributed by atoms with Gasteiger partial charge in [-0.1, -0.05) is 23.2 Å². The molecular weight excluding hydrogens is 323 g/mol. The zero-order valence-corrected chi connectivity index (χ0v) is 13.9. The van der Waals surface area contributed by atoms with Crippen LogP contribution in [0.1, 0.15) is 19.3 Å². The van der Waals surface area contributed by atoms with Crippen molar-refractivity contribution in [3.8, 4) is 0 Å². The minimum atomic E-state index is -0.0471. The molecule has 2 heterocycles. The molecule has 1 aromatic rings. The quantitative estimate of drug-likeness (QED) is 0.918. The zero-order valence-electron chi connectivity index (χ0n) is 12.3. The van der Waals surface area contributed by atoms with Crippen LogP contribution in [0.5, 0.6) is 0 Å². The molecule has 0 radical (unpaired) electrons. The summed E-state index contributed by atoms with van der Waals surface area (Å²) in [6.07, 6.45) is 2.77. The second-order valence-electron chi connectivity index (χ2n) is 6.05. The van der Waals surface area contributed by atoms with Crippen molar-refractivity contribution >= 4 is 34.8 Å². The Labute approximate surface area is 140 Å². The number of rotatable bonds is 3. The number of piperidine rings is 1. The molecule has 6 heteroatoms. The van der Waals surface area contributed by atoms with Crippen molar-refractivity contribution in [1.82, 2.24) is 4.90 Å². The van der Waals surface area contributed by atoms with Crippen LogP contribution in [-0.4, -0.2) is 48.2 Å². The lowest BCUT2D eigenvalue weighted by atomic mass is 9.96. The van der Waals surface area contributed by atoms with Gasteiger partial charge >= 0.3 is 0 Å². The average molecular weight is 343 g/mol. The number of anilines is 1. The van der Waals surface area contributed by atoms with Crippen molar-refractivity contribution in [2.75, 3.05) is 31.1 Å². The lowest BCUT2D eigenvalue weighted by Gasteiger charge is -2.34. The molecule has 0 aromatic heterocycles. The van der Waals surface area contributed by atoms with Gasteiger partial charge in [-0.05, 0) is 56.5 Å². The van der Waals surface area contributed by atoms with Gasteiger partial charge in [0.25, 0.3) is 0 Å². The monoisotopic (exact) mass is 342 g/mol. The van der Waals surface area contributed by atoms with Gasteiger partial charge in [0.2, 0.25) is 5.91 Å². The number of hydrogen-bond donors (Lipinski definition) is 1. The molecule has 120 valence electrons. The van der Waals surface area contributed by atoms with Gasteiger partial charge in [-0.3, -0.25) is 9.69 Å². The van der Waals surface area contributed by atoms with Crippen LogP contribution in [0.3, 0.4) is 0 Å². The molecule has 2 saturated heterocycles. The zero-order chi connectivity index (χ0) is 15.7. The second kappa shape index (κ2) is 6.75. The summed E-state index contributed by atoms with van der Waals surface area (Å²) in [4.78, 5) is 16.8. The molecule has 1 N–H and O–H groups in total. The highest BCUT2D eigenvalue weighted by molar-refractivity contribution is 6.42. The average Bonchev–Trinajstić information content (AvgIpc) is 2.92. The summed E-state index contributed by atoms with van der Waals surface area (Å²) in [6.45, 7) is 2.73. The first kappa shape index (κ1) is 16.1. The normalized spacial score (nSPS) is 24.2. The summed E-state index contributed by atoms with van der Waals surface area (Å²) in [5.74, 6) is 0.528. The number of nitrogens with zero attached hydrogens (tertiary/aromatic N) is 2. The molecule has 2 aliphatic heterocycles. The van der Waals surface area contributed by atoms with Gasteiger partial charge in [0, 0.05) is 18.8 Å². The predicted molar refractivity (Wildman–Crippen MR) is 88.6 cm³/mol. The topological polar surface area (TPSA) is 43.8 Å². The minimum absolute atomic E-state index is 0.0471. The van der Waals surface area contributed by atoms with Gasteiger partial charge in [0.1, 0.15) is 0 Å². The van der Waals surface area contributed by atoms with Crippen LogP contribution >= 0.6 is 23.2 Å². The third-order valence-electron chi connectivity index (χ3n) is 4.74. The molecule has 2 fully saturated rings. The summed E-state index contributed by atoms with van der Waals surface area (Å²) in [5, 5.41) is 10.2. The first-order chi connectivity index (χ1) is 10.6. The predicted octanol–water partition coefficient (Wildman–Crippen LogP) is 2.80. The van der Waals surface area contributed by atoms with E-state index in [1.165, 1.54) is 0 Å². The fourth-order valence-electron chi connectivity index (χ4n) is 3.36. The largest absolute Gasteiger partial charge is 0.396 e. The molecule has 0 aliphatic carbocycles. The summed E-state index contributed by atoms with van der Waals surface area (Å²) in [6, 6.07) is 5.27. The van der Waals surface area contributed by atoms with E-state index < -0.39 is 0 Å². The van der Waals surface area contributed by atoms with Crippen LogP contribution in [0.25, 0.3) is 0 Å². The summed E-state index contributed by atoms with van der Waals surface area (Å²) >= 11 is 12.0. The van der Waals surface area contributed by atoms with E-state index in [0.717, 1.165) is 38.0 Å². The Hall–Kier alpha value is -0.810. The van der Waals surface area contributed by atoms with Crippen LogP contribution in [-0.2, 0) is 4.79 Å². The van der Waals surface area contributed by atoms with Gasteiger partial charge in [0.05, 0.1) is 16.1 Å². The van der Waals surface area contributed by atoms with E-state index in [2.05, 4.69) is 4.90 Å². The van der Waals surface area contributed by atoms with Gasteiger partial charge in [-0.25, -0.2) is 0 Å². The molecular formula is C16H20Cl2N2O2. The van der Waals surface area contributed by atoms with Crippen molar-refractivity contribution in [3.63, 3.8) is 0 Å². The number of carbonyl (C=O) groups excluding carboxylic acids is 1. The number of aliphatic hydroxyl groups is 1. The van der Waals surface area contributed by atoms with Gasteiger partial charge in [0.15, 0.2) is 0 Å². The highest BCUT2D eigenvalue weighted by atomic mass is 35.5. The standard InChI is InChI=1S/C16H20Cl2N2O2/c17-13-2-1-12(9-14(13)18)20-8-5-15(16(20)22)19-6-3-11(10-21)4-7-19/h1-2,9,11,15,21H,3-8,10H2. The third-order valence-corrected chi connectivity index (χ3v) is 5.48. The molecule has 22 heavy (non-hydrogen) atoms. The maximum atomic E-state index is 12.7. The van der Waals surface area contributed by atoms with Crippen LogP contribution in [0, 0.1) is 5.92 Å². The van der Waals surface area contributed by atoms with E-state index in [9.17, 15) is 9.90 Å². The van der Waals surface area contributed by atoms with Crippen LogP contribution in [0.15, 0.2) is 18.2 Å². The van der Waals surface area contributed by atoms with E-state index in [-0.39, 0.29) is 18.6 Å². The van der Waals surface area contributed by atoms with Crippen molar-refractivity contribution in [3.05, 3.63) is 28.2 Å². The fourth-order valence-corrected chi connectivity index (χ4v) is 3.65. The molecule has 1 atom stereocenters. The molecule has 1 unspecified atom stereocenters. The number of amides is 1. The third kappa shape index (κ3) is 3.11. The van der Waals surface area contributed by atoms with E-state index in [0.29, 0.717) is 22.5 Å². The van der Waals surface area contributed by atoms with Crippen LogP contribution < -0.4 is 4.90 Å². The molecule has 0 saturated carbocycles. The number of hydrogen-bond acceptors (Lipinski definition) is 3. The Morgan fingerprint density at radius 3 is 2.45 bits per heavy atom.